The van der Waals surface area contributed by atoms with Crippen LogP contribution < -0.4 is 4.90 Å². The molecule has 0 bridgehead atoms. The SMILES string of the molecule is CCOC[C@@H]1CC(c2ccc(C(F)(F)F)cc2)CN1c1ccc(C#N)cc1. The third kappa shape index (κ3) is 4.42. The first-order valence-electron chi connectivity index (χ1n) is 8.94. The van der Waals surface area contributed by atoms with Gasteiger partial charge in [0, 0.05) is 24.8 Å². The smallest absolute Gasteiger partial charge is 0.380 e. The number of hydrogen-bond donors (Lipinski definition) is 0. The van der Waals surface area contributed by atoms with Crippen LogP contribution in [0.4, 0.5) is 18.9 Å². The third-order valence-corrected chi connectivity index (χ3v) is 4.97. The van der Waals surface area contributed by atoms with E-state index < -0.39 is 11.7 Å². The summed E-state index contributed by atoms with van der Waals surface area (Å²) in [5.41, 5.74) is 1.87. The Bertz CT molecular complexity index is 794. The minimum atomic E-state index is -4.32. The number of halogens is 3. The van der Waals surface area contributed by atoms with Gasteiger partial charge in [0.05, 0.1) is 29.8 Å². The molecule has 1 saturated heterocycles. The van der Waals surface area contributed by atoms with E-state index in [0.29, 0.717) is 25.3 Å². The molecular weight excluding hydrogens is 353 g/mol. The van der Waals surface area contributed by atoms with Crippen molar-refractivity contribution >= 4 is 5.69 Å². The van der Waals surface area contributed by atoms with Crippen molar-refractivity contribution in [2.24, 2.45) is 0 Å². The molecule has 27 heavy (non-hydrogen) atoms. The van der Waals surface area contributed by atoms with E-state index in [1.807, 2.05) is 19.1 Å². The lowest BCUT2D eigenvalue weighted by molar-refractivity contribution is -0.137. The van der Waals surface area contributed by atoms with Gasteiger partial charge in [0.1, 0.15) is 0 Å². The van der Waals surface area contributed by atoms with E-state index in [4.69, 9.17) is 10.00 Å². The molecule has 1 aliphatic heterocycles. The van der Waals surface area contributed by atoms with Gasteiger partial charge in [0.2, 0.25) is 0 Å². The average Bonchev–Trinajstić information content (AvgIpc) is 3.10. The zero-order valence-electron chi connectivity index (χ0n) is 15.0. The van der Waals surface area contributed by atoms with Crippen LogP contribution in [0.1, 0.15) is 36.0 Å². The van der Waals surface area contributed by atoms with E-state index in [0.717, 1.165) is 29.8 Å². The van der Waals surface area contributed by atoms with Crippen LogP contribution in [0, 0.1) is 11.3 Å². The summed E-state index contributed by atoms with van der Waals surface area (Å²) in [6, 6.07) is 15.1. The second kappa shape index (κ2) is 8.01. The lowest BCUT2D eigenvalue weighted by atomic mass is 9.95. The van der Waals surface area contributed by atoms with Gasteiger partial charge >= 0.3 is 6.18 Å². The van der Waals surface area contributed by atoms with E-state index in [9.17, 15) is 13.2 Å². The molecule has 1 fully saturated rings. The van der Waals surface area contributed by atoms with Crippen LogP contribution in [-0.2, 0) is 10.9 Å². The number of alkyl halides is 3. The first-order valence-corrected chi connectivity index (χ1v) is 8.94. The van der Waals surface area contributed by atoms with Crippen molar-refractivity contribution in [2.45, 2.75) is 31.5 Å². The minimum Gasteiger partial charge on any atom is -0.380 e. The van der Waals surface area contributed by atoms with Gasteiger partial charge in [-0.1, -0.05) is 12.1 Å². The van der Waals surface area contributed by atoms with Crippen molar-refractivity contribution in [3.8, 4) is 6.07 Å². The first kappa shape index (κ1) is 19.2. The van der Waals surface area contributed by atoms with Crippen molar-refractivity contribution in [1.29, 1.82) is 5.26 Å². The van der Waals surface area contributed by atoms with Crippen LogP contribution in [0.25, 0.3) is 0 Å². The summed E-state index contributed by atoms with van der Waals surface area (Å²) < 4.78 is 44.0. The Balaban J connectivity index is 1.81. The standard InChI is InChI=1S/C21H21F3N2O/c1-2-27-14-20-11-17(16-5-7-18(8-6-16)21(22,23)24)13-26(20)19-9-3-15(12-25)4-10-19/h3-10,17,20H,2,11,13-14H2,1H3/t17?,20-/m0/s1. The molecule has 1 heterocycles. The van der Waals surface area contributed by atoms with Crippen molar-refractivity contribution < 1.29 is 17.9 Å². The number of hydrogen-bond acceptors (Lipinski definition) is 3. The highest BCUT2D eigenvalue weighted by Crippen LogP contribution is 2.37. The summed E-state index contributed by atoms with van der Waals surface area (Å²) in [6.07, 6.45) is -3.51. The number of rotatable bonds is 5. The maximum Gasteiger partial charge on any atom is 0.416 e. The summed E-state index contributed by atoms with van der Waals surface area (Å²) in [7, 11) is 0. The van der Waals surface area contributed by atoms with Crippen molar-refractivity contribution in [3.05, 3.63) is 65.2 Å². The van der Waals surface area contributed by atoms with Crippen LogP contribution in [0.2, 0.25) is 0 Å². The molecule has 0 aromatic heterocycles. The van der Waals surface area contributed by atoms with E-state index in [1.165, 1.54) is 0 Å². The predicted octanol–water partition coefficient (Wildman–Crippen LogP) is 4.98. The number of anilines is 1. The Morgan fingerprint density at radius 3 is 2.33 bits per heavy atom. The summed E-state index contributed by atoms with van der Waals surface area (Å²) in [5, 5.41) is 8.97. The Labute approximate surface area is 157 Å². The quantitative estimate of drug-likeness (QED) is 0.741. The Hall–Kier alpha value is -2.52. The van der Waals surface area contributed by atoms with Gasteiger partial charge in [-0.15, -0.1) is 0 Å². The molecule has 1 unspecified atom stereocenters. The van der Waals surface area contributed by atoms with E-state index in [-0.39, 0.29) is 12.0 Å². The predicted molar refractivity (Wildman–Crippen MR) is 97.6 cm³/mol. The fourth-order valence-electron chi connectivity index (χ4n) is 3.56. The highest BCUT2D eigenvalue weighted by atomic mass is 19.4. The molecular formula is C21H21F3N2O. The zero-order chi connectivity index (χ0) is 19.4. The van der Waals surface area contributed by atoms with Crippen LogP contribution in [0.3, 0.4) is 0 Å². The molecule has 0 radical (unpaired) electrons. The lowest BCUT2D eigenvalue weighted by Crippen LogP contribution is -2.33. The normalized spacial score (nSPS) is 19.9. The largest absolute Gasteiger partial charge is 0.416 e. The molecule has 2 aromatic rings. The van der Waals surface area contributed by atoms with Crippen LogP contribution in [0.5, 0.6) is 0 Å². The number of nitrogens with zero attached hydrogens (tertiary/aromatic N) is 2. The van der Waals surface area contributed by atoms with Crippen LogP contribution in [-0.4, -0.2) is 25.8 Å². The summed E-state index contributed by atoms with van der Waals surface area (Å²) in [5.74, 6) is 0.133. The topological polar surface area (TPSA) is 36.3 Å². The first-order chi connectivity index (χ1) is 12.9. The minimum absolute atomic E-state index is 0.133. The molecule has 0 spiro atoms. The number of ether oxygens (including phenoxy) is 1. The average molecular weight is 374 g/mol. The molecule has 1 aliphatic rings. The summed E-state index contributed by atoms with van der Waals surface area (Å²) in [6.45, 7) is 3.82. The fraction of sp³-hybridized carbons (Fsp3) is 0.381. The Kier molecular flexibility index (Phi) is 5.71. The van der Waals surface area contributed by atoms with Crippen molar-refractivity contribution in [3.63, 3.8) is 0 Å². The van der Waals surface area contributed by atoms with Gasteiger partial charge in [0.15, 0.2) is 0 Å². The highest BCUT2D eigenvalue weighted by molar-refractivity contribution is 5.52. The van der Waals surface area contributed by atoms with Crippen LogP contribution in [0.15, 0.2) is 48.5 Å². The molecule has 0 amide bonds. The fourth-order valence-corrected chi connectivity index (χ4v) is 3.56. The van der Waals surface area contributed by atoms with Crippen molar-refractivity contribution in [1.82, 2.24) is 0 Å². The second-order valence-electron chi connectivity index (χ2n) is 6.68. The molecule has 0 saturated carbocycles. The maximum atomic E-state index is 12.8. The molecule has 2 atom stereocenters. The molecule has 142 valence electrons. The Morgan fingerprint density at radius 2 is 1.78 bits per heavy atom. The molecule has 0 aliphatic carbocycles. The van der Waals surface area contributed by atoms with Gasteiger partial charge in [-0.3, -0.25) is 0 Å². The Morgan fingerprint density at radius 1 is 1.11 bits per heavy atom. The maximum absolute atomic E-state index is 12.8. The molecule has 0 N–H and O–H groups in total. The number of nitriles is 1. The monoisotopic (exact) mass is 374 g/mol. The zero-order valence-corrected chi connectivity index (χ0v) is 15.0. The van der Waals surface area contributed by atoms with Gasteiger partial charge in [0.25, 0.3) is 0 Å². The van der Waals surface area contributed by atoms with E-state index in [1.54, 1.807) is 24.3 Å². The van der Waals surface area contributed by atoms with Crippen molar-refractivity contribution in [2.75, 3.05) is 24.7 Å². The van der Waals surface area contributed by atoms with Crippen LogP contribution >= 0.6 is 0 Å². The van der Waals surface area contributed by atoms with Gasteiger partial charge in [-0.25, -0.2) is 0 Å². The molecule has 3 nitrogen and oxygen atoms in total. The van der Waals surface area contributed by atoms with Gasteiger partial charge < -0.3 is 9.64 Å². The lowest BCUT2D eigenvalue weighted by Gasteiger charge is -2.26. The van der Waals surface area contributed by atoms with E-state index >= 15 is 0 Å². The van der Waals surface area contributed by atoms with Gasteiger partial charge in [-0.2, -0.15) is 18.4 Å². The highest BCUT2D eigenvalue weighted by Gasteiger charge is 2.34. The van der Waals surface area contributed by atoms with Gasteiger partial charge in [-0.05, 0) is 55.3 Å². The van der Waals surface area contributed by atoms with E-state index in [2.05, 4.69) is 11.0 Å². The second-order valence-corrected chi connectivity index (χ2v) is 6.68. The summed E-state index contributed by atoms with van der Waals surface area (Å²) in [4.78, 5) is 2.22. The molecule has 2 aromatic carbocycles. The molecule has 3 rings (SSSR count). The summed E-state index contributed by atoms with van der Waals surface area (Å²) >= 11 is 0. The molecule has 6 heteroatoms. The number of benzene rings is 2. The third-order valence-electron chi connectivity index (χ3n) is 4.97.